The Morgan fingerprint density at radius 3 is 2.48 bits per heavy atom. The van der Waals surface area contributed by atoms with Gasteiger partial charge in [0.2, 0.25) is 0 Å². The van der Waals surface area contributed by atoms with Crippen molar-refractivity contribution in [1.29, 1.82) is 0 Å². The fraction of sp³-hybridized carbons (Fsp3) is 0.111. The Labute approximate surface area is 140 Å². The molecular formula is C18H17ClN4. The van der Waals surface area contributed by atoms with Crippen LogP contribution in [0.25, 0.3) is 0 Å². The average Bonchev–Trinajstić information content (AvgIpc) is 2.57. The van der Waals surface area contributed by atoms with E-state index in [1.165, 1.54) is 17.5 Å². The van der Waals surface area contributed by atoms with E-state index in [0.29, 0.717) is 17.4 Å². The van der Waals surface area contributed by atoms with E-state index in [9.17, 15) is 0 Å². The van der Waals surface area contributed by atoms with Crippen molar-refractivity contribution in [1.82, 2.24) is 9.97 Å². The maximum atomic E-state index is 6.15. The largest absolute Gasteiger partial charge is 0.366 e. The average molecular weight is 325 g/mol. The SMILES string of the molecule is Cc1ccc(CNc2cc(Nc3ccccc3Cl)ncn2)cc1. The lowest BCUT2D eigenvalue weighted by Crippen LogP contribution is -2.03. The van der Waals surface area contributed by atoms with Crippen LogP contribution in [0.4, 0.5) is 17.3 Å². The van der Waals surface area contributed by atoms with Crippen molar-refractivity contribution in [2.45, 2.75) is 13.5 Å². The second kappa shape index (κ2) is 7.11. The van der Waals surface area contributed by atoms with Gasteiger partial charge in [0.05, 0.1) is 10.7 Å². The molecule has 0 radical (unpaired) electrons. The lowest BCUT2D eigenvalue weighted by molar-refractivity contribution is 1.08. The molecule has 2 N–H and O–H groups in total. The number of aromatic nitrogens is 2. The van der Waals surface area contributed by atoms with Crippen molar-refractivity contribution in [2.24, 2.45) is 0 Å². The molecule has 5 heteroatoms. The predicted octanol–water partition coefficient (Wildman–Crippen LogP) is 4.79. The molecule has 0 atom stereocenters. The highest BCUT2D eigenvalue weighted by molar-refractivity contribution is 6.33. The summed E-state index contributed by atoms with van der Waals surface area (Å²) < 4.78 is 0. The van der Waals surface area contributed by atoms with Crippen LogP contribution in [0.3, 0.4) is 0 Å². The van der Waals surface area contributed by atoms with Crippen LogP contribution in [0.1, 0.15) is 11.1 Å². The van der Waals surface area contributed by atoms with E-state index in [1.54, 1.807) is 0 Å². The van der Waals surface area contributed by atoms with Crippen LogP contribution in [0.5, 0.6) is 0 Å². The van der Waals surface area contributed by atoms with Crippen molar-refractivity contribution in [2.75, 3.05) is 10.6 Å². The van der Waals surface area contributed by atoms with Crippen molar-refractivity contribution in [3.8, 4) is 0 Å². The Morgan fingerprint density at radius 2 is 1.70 bits per heavy atom. The highest BCUT2D eigenvalue weighted by atomic mass is 35.5. The van der Waals surface area contributed by atoms with E-state index in [1.807, 2.05) is 30.3 Å². The lowest BCUT2D eigenvalue weighted by atomic mass is 10.1. The van der Waals surface area contributed by atoms with E-state index in [-0.39, 0.29) is 0 Å². The summed E-state index contributed by atoms with van der Waals surface area (Å²) in [4.78, 5) is 8.46. The normalized spacial score (nSPS) is 10.3. The van der Waals surface area contributed by atoms with Crippen molar-refractivity contribution < 1.29 is 0 Å². The monoisotopic (exact) mass is 324 g/mol. The van der Waals surface area contributed by atoms with Crippen molar-refractivity contribution in [3.63, 3.8) is 0 Å². The van der Waals surface area contributed by atoms with Gasteiger partial charge < -0.3 is 10.6 Å². The number of hydrogen-bond donors (Lipinski definition) is 2. The number of benzene rings is 2. The summed E-state index contributed by atoms with van der Waals surface area (Å²) >= 11 is 6.15. The summed E-state index contributed by atoms with van der Waals surface area (Å²) in [6.07, 6.45) is 1.52. The Balaban J connectivity index is 1.67. The highest BCUT2D eigenvalue weighted by Gasteiger charge is 2.02. The molecule has 23 heavy (non-hydrogen) atoms. The molecule has 0 aliphatic carbocycles. The maximum absolute atomic E-state index is 6.15. The predicted molar refractivity (Wildman–Crippen MR) is 95.3 cm³/mol. The molecule has 0 fully saturated rings. The zero-order valence-electron chi connectivity index (χ0n) is 12.8. The molecule has 0 amide bonds. The smallest absolute Gasteiger partial charge is 0.135 e. The molecule has 1 heterocycles. The number of nitrogens with zero attached hydrogens (tertiary/aromatic N) is 2. The van der Waals surface area contributed by atoms with E-state index in [4.69, 9.17) is 11.6 Å². The molecule has 2 aromatic carbocycles. The van der Waals surface area contributed by atoms with E-state index in [0.717, 1.165) is 11.5 Å². The number of para-hydroxylation sites is 1. The summed E-state index contributed by atoms with van der Waals surface area (Å²) in [5.41, 5.74) is 3.27. The summed E-state index contributed by atoms with van der Waals surface area (Å²) in [6.45, 7) is 2.79. The van der Waals surface area contributed by atoms with Crippen LogP contribution in [0.15, 0.2) is 60.9 Å². The topological polar surface area (TPSA) is 49.8 Å². The molecule has 0 aliphatic rings. The Kier molecular flexibility index (Phi) is 4.74. The molecule has 0 spiro atoms. The summed E-state index contributed by atoms with van der Waals surface area (Å²) in [5, 5.41) is 7.15. The fourth-order valence-electron chi connectivity index (χ4n) is 2.12. The zero-order valence-corrected chi connectivity index (χ0v) is 13.5. The standard InChI is InChI=1S/C18H17ClN4/c1-13-6-8-14(9-7-13)11-20-17-10-18(22-12-21-17)23-16-5-3-2-4-15(16)19/h2-10,12H,11H2,1H3,(H2,20,21,22,23). The highest BCUT2D eigenvalue weighted by Crippen LogP contribution is 2.24. The third-order valence-electron chi connectivity index (χ3n) is 3.40. The molecule has 4 nitrogen and oxygen atoms in total. The van der Waals surface area contributed by atoms with Gasteiger partial charge in [0.1, 0.15) is 18.0 Å². The second-order valence-corrected chi connectivity index (χ2v) is 5.64. The third kappa shape index (κ3) is 4.20. The number of rotatable bonds is 5. The molecule has 0 aliphatic heterocycles. The van der Waals surface area contributed by atoms with E-state index in [2.05, 4.69) is 51.8 Å². The number of anilines is 3. The number of nitrogens with one attached hydrogen (secondary N) is 2. The van der Waals surface area contributed by atoms with Crippen LogP contribution in [0, 0.1) is 6.92 Å². The maximum Gasteiger partial charge on any atom is 0.135 e. The molecule has 3 rings (SSSR count). The molecule has 0 unspecified atom stereocenters. The van der Waals surface area contributed by atoms with Gasteiger partial charge in [-0.2, -0.15) is 0 Å². The molecule has 0 saturated heterocycles. The Morgan fingerprint density at radius 1 is 0.957 bits per heavy atom. The second-order valence-electron chi connectivity index (χ2n) is 5.23. The minimum Gasteiger partial charge on any atom is -0.366 e. The lowest BCUT2D eigenvalue weighted by Gasteiger charge is -2.10. The molecule has 3 aromatic rings. The summed E-state index contributed by atoms with van der Waals surface area (Å²) in [6, 6.07) is 17.8. The Hall–Kier alpha value is -2.59. The molecule has 0 bridgehead atoms. The van der Waals surface area contributed by atoms with Crippen molar-refractivity contribution in [3.05, 3.63) is 77.1 Å². The van der Waals surface area contributed by atoms with Crippen LogP contribution in [-0.2, 0) is 6.54 Å². The summed E-state index contributed by atoms with van der Waals surface area (Å²) in [5.74, 6) is 1.45. The number of hydrogen-bond acceptors (Lipinski definition) is 4. The van der Waals surface area contributed by atoms with Crippen LogP contribution < -0.4 is 10.6 Å². The number of halogens is 1. The minimum atomic E-state index is 0.653. The zero-order chi connectivity index (χ0) is 16.1. The first-order valence-electron chi connectivity index (χ1n) is 7.34. The van der Waals surface area contributed by atoms with Crippen LogP contribution >= 0.6 is 11.6 Å². The first-order valence-corrected chi connectivity index (χ1v) is 7.71. The van der Waals surface area contributed by atoms with E-state index < -0.39 is 0 Å². The molecule has 116 valence electrons. The number of aryl methyl sites for hydroxylation is 1. The van der Waals surface area contributed by atoms with Gasteiger partial charge in [-0.1, -0.05) is 53.6 Å². The molecule has 1 aromatic heterocycles. The Bertz CT molecular complexity index is 787. The fourth-order valence-corrected chi connectivity index (χ4v) is 2.30. The van der Waals surface area contributed by atoms with Gasteiger partial charge in [-0.25, -0.2) is 9.97 Å². The van der Waals surface area contributed by atoms with Gasteiger partial charge in [0.25, 0.3) is 0 Å². The van der Waals surface area contributed by atoms with Crippen molar-refractivity contribution >= 4 is 28.9 Å². The van der Waals surface area contributed by atoms with Gasteiger partial charge in [-0.05, 0) is 24.6 Å². The van der Waals surface area contributed by atoms with Gasteiger partial charge in [0.15, 0.2) is 0 Å². The van der Waals surface area contributed by atoms with Crippen LogP contribution in [-0.4, -0.2) is 9.97 Å². The molecule has 0 saturated carbocycles. The molecular weight excluding hydrogens is 308 g/mol. The first kappa shape index (κ1) is 15.3. The van der Waals surface area contributed by atoms with Gasteiger partial charge in [0, 0.05) is 12.6 Å². The van der Waals surface area contributed by atoms with Crippen LogP contribution in [0.2, 0.25) is 5.02 Å². The van der Waals surface area contributed by atoms with Gasteiger partial charge >= 0.3 is 0 Å². The minimum absolute atomic E-state index is 0.653. The van der Waals surface area contributed by atoms with Gasteiger partial charge in [-0.15, -0.1) is 0 Å². The summed E-state index contributed by atoms with van der Waals surface area (Å²) in [7, 11) is 0. The first-order chi connectivity index (χ1) is 11.2. The third-order valence-corrected chi connectivity index (χ3v) is 3.73. The van der Waals surface area contributed by atoms with Gasteiger partial charge in [-0.3, -0.25) is 0 Å². The quantitative estimate of drug-likeness (QED) is 0.708. The van der Waals surface area contributed by atoms with E-state index >= 15 is 0 Å².